The van der Waals surface area contributed by atoms with Crippen LogP contribution in [0.2, 0.25) is 10.0 Å². The van der Waals surface area contributed by atoms with Crippen molar-refractivity contribution in [1.82, 2.24) is 4.31 Å². The third kappa shape index (κ3) is 5.28. The second kappa shape index (κ2) is 9.73. The predicted molar refractivity (Wildman–Crippen MR) is 127 cm³/mol. The zero-order valence-corrected chi connectivity index (χ0v) is 20.3. The van der Waals surface area contributed by atoms with Gasteiger partial charge in [-0.15, -0.1) is 0 Å². The smallest absolute Gasteiger partial charge is 0.387 e. The average molecular weight is 542 g/mol. The van der Waals surface area contributed by atoms with Gasteiger partial charge in [0.05, 0.1) is 10.4 Å². The molecular weight excluding hydrogens is 523 g/mol. The van der Waals surface area contributed by atoms with Gasteiger partial charge < -0.3 is 9.84 Å². The normalized spacial score (nSPS) is 14.8. The molecule has 1 fully saturated rings. The molecule has 0 radical (unpaired) electrons. The molecule has 0 bridgehead atoms. The van der Waals surface area contributed by atoms with Crippen LogP contribution in [-0.2, 0) is 20.4 Å². The average Bonchev–Trinajstić information content (AvgIpc) is 3.59. The minimum Gasteiger partial charge on any atom is -0.480 e. The lowest BCUT2D eigenvalue weighted by Crippen LogP contribution is -2.43. The molecule has 3 aromatic rings. The maximum absolute atomic E-state index is 13.5. The number of hydrogen-bond donors (Lipinski definition) is 1. The number of ether oxygens (including phenoxy) is 1. The number of carboxylic acid groups (broad SMARTS) is 1. The molecule has 184 valence electrons. The number of aliphatic carboxylic acids is 1. The first kappa shape index (κ1) is 25.4. The summed E-state index contributed by atoms with van der Waals surface area (Å²) in [5, 5.41) is 10.4. The standard InChI is InChI=1S/C24H19Cl2F2NO5S/c25-17-5-10-20(21(26)13-17)15-1-3-16(4-2-15)24(11-12-24)29(14-22(30)31)35(32,33)19-8-6-18(7-9-19)34-23(27)28/h1-10,13,23H,11-12,14H2,(H,30,31). The molecule has 0 heterocycles. The van der Waals surface area contributed by atoms with Crippen molar-refractivity contribution < 1.29 is 31.8 Å². The van der Waals surface area contributed by atoms with E-state index in [4.69, 9.17) is 23.2 Å². The van der Waals surface area contributed by atoms with Crippen LogP contribution in [0.25, 0.3) is 11.1 Å². The van der Waals surface area contributed by atoms with Crippen molar-refractivity contribution in [3.8, 4) is 16.9 Å². The van der Waals surface area contributed by atoms with E-state index in [0.29, 0.717) is 28.5 Å². The molecule has 1 N–H and O–H groups in total. The first-order valence-corrected chi connectivity index (χ1v) is 12.6. The van der Waals surface area contributed by atoms with Crippen molar-refractivity contribution in [1.29, 1.82) is 0 Å². The molecule has 1 aliphatic carbocycles. The van der Waals surface area contributed by atoms with Crippen LogP contribution in [-0.4, -0.2) is 37.0 Å². The molecule has 0 aromatic heterocycles. The van der Waals surface area contributed by atoms with Gasteiger partial charge in [0.2, 0.25) is 10.0 Å². The van der Waals surface area contributed by atoms with Gasteiger partial charge in [-0.25, -0.2) is 8.42 Å². The highest BCUT2D eigenvalue weighted by molar-refractivity contribution is 7.89. The van der Waals surface area contributed by atoms with E-state index in [1.165, 1.54) is 0 Å². The van der Waals surface area contributed by atoms with Crippen LogP contribution in [0.5, 0.6) is 5.75 Å². The quantitative estimate of drug-likeness (QED) is 0.357. The Bertz CT molecular complexity index is 1350. The lowest BCUT2D eigenvalue weighted by atomic mass is 9.99. The molecular formula is C24H19Cl2F2NO5S. The Labute approximate surface area is 210 Å². The van der Waals surface area contributed by atoms with Crippen molar-refractivity contribution in [2.75, 3.05) is 6.54 Å². The van der Waals surface area contributed by atoms with Crippen LogP contribution in [0, 0.1) is 0 Å². The van der Waals surface area contributed by atoms with E-state index in [0.717, 1.165) is 39.7 Å². The molecule has 0 saturated heterocycles. The molecule has 0 aliphatic heterocycles. The Balaban J connectivity index is 1.68. The molecule has 0 amide bonds. The Hall–Kier alpha value is -2.72. The highest BCUT2D eigenvalue weighted by Crippen LogP contribution is 2.53. The fourth-order valence-electron chi connectivity index (χ4n) is 3.99. The third-order valence-corrected chi connectivity index (χ3v) is 8.26. The van der Waals surface area contributed by atoms with E-state index in [9.17, 15) is 27.1 Å². The maximum atomic E-state index is 13.5. The Morgan fingerprint density at radius 1 is 1.03 bits per heavy atom. The van der Waals surface area contributed by atoms with Crippen molar-refractivity contribution in [2.24, 2.45) is 0 Å². The van der Waals surface area contributed by atoms with Gasteiger partial charge in [-0.1, -0.05) is 53.5 Å². The summed E-state index contributed by atoms with van der Waals surface area (Å²) in [5.41, 5.74) is 1.12. The first-order chi connectivity index (χ1) is 16.5. The van der Waals surface area contributed by atoms with E-state index in [2.05, 4.69) is 4.74 Å². The number of alkyl halides is 2. The number of carbonyl (C=O) groups is 1. The summed E-state index contributed by atoms with van der Waals surface area (Å²) in [4.78, 5) is 11.4. The van der Waals surface area contributed by atoms with Crippen molar-refractivity contribution in [2.45, 2.75) is 29.9 Å². The summed E-state index contributed by atoms with van der Waals surface area (Å²) in [6, 6.07) is 16.6. The fourth-order valence-corrected chi connectivity index (χ4v) is 6.27. The zero-order valence-electron chi connectivity index (χ0n) is 18.0. The highest BCUT2D eigenvalue weighted by atomic mass is 35.5. The molecule has 0 unspecified atom stereocenters. The molecule has 0 spiro atoms. The summed E-state index contributed by atoms with van der Waals surface area (Å²) < 4.78 is 57.0. The van der Waals surface area contributed by atoms with Gasteiger partial charge in [0.15, 0.2) is 0 Å². The van der Waals surface area contributed by atoms with E-state index in [1.807, 2.05) is 0 Å². The van der Waals surface area contributed by atoms with E-state index >= 15 is 0 Å². The lowest BCUT2D eigenvalue weighted by molar-refractivity contribution is -0.137. The van der Waals surface area contributed by atoms with E-state index in [1.54, 1.807) is 42.5 Å². The van der Waals surface area contributed by atoms with Crippen LogP contribution in [0.1, 0.15) is 18.4 Å². The summed E-state index contributed by atoms with van der Waals surface area (Å²) in [7, 11) is -4.28. The summed E-state index contributed by atoms with van der Waals surface area (Å²) in [5.74, 6) is -1.52. The predicted octanol–water partition coefficient (Wildman–Crippen LogP) is 6.03. The Kier molecular flexibility index (Phi) is 7.06. The first-order valence-electron chi connectivity index (χ1n) is 10.4. The van der Waals surface area contributed by atoms with Gasteiger partial charge in [0.1, 0.15) is 12.3 Å². The molecule has 35 heavy (non-hydrogen) atoms. The number of carboxylic acids is 1. The molecule has 1 aliphatic rings. The van der Waals surface area contributed by atoms with Crippen molar-refractivity contribution in [3.63, 3.8) is 0 Å². The van der Waals surface area contributed by atoms with Crippen molar-refractivity contribution in [3.05, 3.63) is 82.3 Å². The summed E-state index contributed by atoms with van der Waals surface area (Å²) >= 11 is 12.3. The minimum atomic E-state index is -4.28. The zero-order chi connectivity index (χ0) is 25.4. The summed E-state index contributed by atoms with van der Waals surface area (Å²) in [6.07, 6.45) is 0.847. The van der Waals surface area contributed by atoms with Gasteiger partial charge in [-0.3, -0.25) is 4.79 Å². The third-order valence-electron chi connectivity index (χ3n) is 5.78. The number of benzene rings is 3. The SMILES string of the molecule is O=C(O)CN(C1(c2ccc(-c3ccc(Cl)cc3Cl)cc2)CC1)S(=O)(=O)c1ccc(OC(F)F)cc1. The Morgan fingerprint density at radius 3 is 2.17 bits per heavy atom. The number of halogens is 4. The molecule has 3 aromatic carbocycles. The van der Waals surface area contributed by atoms with E-state index < -0.39 is 34.7 Å². The van der Waals surface area contributed by atoms with Crippen molar-refractivity contribution >= 4 is 39.2 Å². The minimum absolute atomic E-state index is 0.207. The molecule has 6 nitrogen and oxygen atoms in total. The second-order valence-electron chi connectivity index (χ2n) is 7.99. The van der Waals surface area contributed by atoms with Crippen LogP contribution < -0.4 is 4.74 Å². The number of nitrogens with zero attached hydrogens (tertiary/aromatic N) is 1. The van der Waals surface area contributed by atoms with Gasteiger partial charge in [-0.2, -0.15) is 13.1 Å². The van der Waals surface area contributed by atoms with Gasteiger partial charge >= 0.3 is 12.6 Å². The van der Waals surface area contributed by atoms with Crippen LogP contribution in [0.4, 0.5) is 8.78 Å². The molecule has 0 atom stereocenters. The maximum Gasteiger partial charge on any atom is 0.387 e. The number of sulfonamides is 1. The second-order valence-corrected chi connectivity index (χ2v) is 10.7. The monoisotopic (exact) mass is 541 g/mol. The van der Waals surface area contributed by atoms with Gasteiger partial charge in [0.25, 0.3) is 0 Å². The highest BCUT2D eigenvalue weighted by Gasteiger charge is 2.55. The summed E-state index contributed by atoms with van der Waals surface area (Å²) in [6.45, 7) is -3.82. The lowest BCUT2D eigenvalue weighted by Gasteiger charge is -2.30. The number of hydrogen-bond acceptors (Lipinski definition) is 4. The number of rotatable bonds is 9. The van der Waals surface area contributed by atoms with Gasteiger partial charge in [0, 0.05) is 15.6 Å². The Morgan fingerprint density at radius 2 is 1.66 bits per heavy atom. The van der Waals surface area contributed by atoms with Crippen LogP contribution in [0.15, 0.2) is 71.6 Å². The fraction of sp³-hybridized carbons (Fsp3) is 0.208. The molecule has 1 saturated carbocycles. The van der Waals surface area contributed by atoms with Crippen LogP contribution in [0.3, 0.4) is 0 Å². The van der Waals surface area contributed by atoms with Gasteiger partial charge in [-0.05, 0) is 60.4 Å². The van der Waals surface area contributed by atoms with E-state index in [-0.39, 0.29) is 10.6 Å². The molecule has 11 heteroatoms. The van der Waals surface area contributed by atoms with Crippen LogP contribution >= 0.6 is 23.2 Å². The topological polar surface area (TPSA) is 83.9 Å². The molecule has 4 rings (SSSR count). The largest absolute Gasteiger partial charge is 0.480 e.